The van der Waals surface area contributed by atoms with Gasteiger partial charge in [-0.05, 0) is 23.3 Å². The van der Waals surface area contributed by atoms with E-state index in [4.69, 9.17) is 5.73 Å². The van der Waals surface area contributed by atoms with Gasteiger partial charge in [-0.25, -0.2) is 4.68 Å². The fourth-order valence-corrected chi connectivity index (χ4v) is 2.27. The number of amides is 1. The zero-order valence-corrected chi connectivity index (χ0v) is 10.2. The van der Waals surface area contributed by atoms with Crippen molar-refractivity contribution in [2.45, 2.75) is 24.6 Å². The number of piperidine rings is 1. The van der Waals surface area contributed by atoms with Gasteiger partial charge in [-0.15, -0.1) is 5.10 Å². The minimum Gasteiger partial charge on any atom is -0.333 e. The first-order valence-electron chi connectivity index (χ1n) is 5.62. The average molecular weight is 278 g/mol. The molecule has 106 valence electrons. The van der Waals surface area contributed by atoms with Crippen molar-refractivity contribution in [1.82, 2.24) is 25.1 Å². The number of aryl methyl sites for hydroxylation is 1. The molecule has 1 aromatic rings. The van der Waals surface area contributed by atoms with E-state index in [1.807, 2.05) is 0 Å². The first-order valence-corrected chi connectivity index (χ1v) is 5.62. The van der Waals surface area contributed by atoms with E-state index in [0.29, 0.717) is 17.7 Å². The summed E-state index contributed by atoms with van der Waals surface area (Å²) in [5, 5.41) is 10.7. The number of alkyl halides is 3. The molecule has 0 spiro atoms. The fraction of sp³-hybridized carbons (Fsp3) is 0.778. The first kappa shape index (κ1) is 13.7. The van der Waals surface area contributed by atoms with Gasteiger partial charge in [0.15, 0.2) is 5.82 Å². The molecule has 1 aliphatic rings. The minimum absolute atomic E-state index is 0.0303. The van der Waals surface area contributed by atoms with Gasteiger partial charge in [-0.1, -0.05) is 0 Å². The van der Waals surface area contributed by atoms with Crippen molar-refractivity contribution >= 4 is 5.91 Å². The average Bonchev–Trinajstić information content (AvgIpc) is 2.74. The molecular weight excluding hydrogens is 265 g/mol. The number of aromatic nitrogens is 4. The maximum absolute atomic E-state index is 12.4. The van der Waals surface area contributed by atoms with Gasteiger partial charge in [-0.2, -0.15) is 13.2 Å². The molecule has 0 aromatic carbocycles. The van der Waals surface area contributed by atoms with Crippen molar-refractivity contribution in [3.63, 3.8) is 0 Å². The van der Waals surface area contributed by atoms with Crippen LogP contribution in [0.15, 0.2) is 0 Å². The lowest BCUT2D eigenvalue weighted by Gasteiger charge is -2.39. The molecular formula is C9H13F3N6O. The third-order valence-electron chi connectivity index (χ3n) is 3.12. The summed E-state index contributed by atoms with van der Waals surface area (Å²) in [6.07, 6.45) is -4.11. The van der Waals surface area contributed by atoms with Gasteiger partial charge in [0.25, 0.3) is 0 Å². The topological polar surface area (TPSA) is 89.9 Å². The molecule has 1 aromatic heterocycles. The van der Waals surface area contributed by atoms with Gasteiger partial charge >= 0.3 is 12.1 Å². The van der Waals surface area contributed by atoms with E-state index >= 15 is 0 Å². The Labute approximate surface area is 106 Å². The summed E-state index contributed by atoms with van der Waals surface area (Å²) in [5.74, 6) is -1.61. The Bertz CT molecular complexity index is 487. The molecule has 1 atom stereocenters. The molecule has 0 saturated carbocycles. The second-order valence-corrected chi connectivity index (χ2v) is 4.61. The second-order valence-electron chi connectivity index (χ2n) is 4.61. The maximum atomic E-state index is 12.4. The standard InChI is InChI=1S/C9H13F3N6O/c1-17-6(14-15-16-17)8(13)3-2-4-18(5-8)7(19)9(10,11)12/h2-5,13H2,1H3. The third kappa shape index (κ3) is 2.53. The Morgan fingerprint density at radius 2 is 2.16 bits per heavy atom. The molecule has 2 N–H and O–H groups in total. The predicted molar refractivity (Wildman–Crippen MR) is 56.5 cm³/mol. The number of carbonyl (C=O) groups is 1. The lowest BCUT2D eigenvalue weighted by atomic mass is 9.89. The molecule has 0 aliphatic carbocycles. The van der Waals surface area contributed by atoms with Crippen molar-refractivity contribution in [2.24, 2.45) is 12.8 Å². The molecule has 10 heteroatoms. The maximum Gasteiger partial charge on any atom is 0.471 e. The highest BCUT2D eigenvalue weighted by atomic mass is 19.4. The van der Waals surface area contributed by atoms with Crippen LogP contribution in [0.1, 0.15) is 18.7 Å². The largest absolute Gasteiger partial charge is 0.471 e. The summed E-state index contributed by atoms with van der Waals surface area (Å²) >= 11 is 0. The highest BCUT2D eigenvalue weighted by Crippen LogP contribution is 2.29. The van der Waals surface area contributed by atoms with E-state index < -0.39 is 17.6 Å². The van der Waals surface area contributed by atoms with Crippen molar-refractivity contribution < 1.29 is 18.0 Å². The van der Waals surface area contributed by atoms with E-state index in [1.54, 1.807) is 7.05 Å². The summed E-state index contributed by atoms with van der Waals surface area (Å²) in [5.41, 5.74) is 4.92. The number of likely N-dealkylation sites (tertiary alicyclic amines) is 1. The lowest BCUT2D eigenvalue weighted by Crippen LogP contribution is -2.57. The minimum atomic E-state index is -4.89. The van der Waals surface area contributed by atoms with E-state index in [1.165, 1.54) is 4.68 Å². The molecule has 0 radical (unpaired) electrons. The zero-order chi connectivity index (χ0) is 14.3. The number of nitrogens with two attached hydrogens (primary N) is 1. The summed E-state index contributed by atoms with van der Waals surface area (Å²) < 4.78 is 38.6. The van der Waals surface area contributed by atoms with Gasteiger partial charge < -0.3 is 10.6 Å². The van der Waals surface area contributed by atoms with Crippen LogP contribution in [-0.4, -0.2) is 50.3 Å². The molecule has 0 bridgehead atoms. The Morgan fingerprint density at radius 3 is 2.68 bits per heavy atom. The van der Waals surface area contributed by atoms with Crippen LogP contribution >= 0.6 is 0 Å². The van der Waals surface area contributed by atoms with Gasteiger partial charge in [-0.3, -0.25) is 4.79 Å². The molecule has 1 fully saturated rings. The van der Waals surface area contributed by atoms with Crippen molar-refractivity contribution in [3.8, 4) is 0 Å². The highest BCUT2D eigenvalue weighted by Gasteiger charge is 2.47. The Morgan fingerprint density at radius 1 is 1.47 bits per heavy atom. The van der Waals surface area contributed by atoms with E-state index in [9.17, 15) is 18.0 Å². The van der Waals surface area contributed by atoms with Gasteiger partial charge in [0.1, 0.15) is 0 Å². The molecule has 1 unspecified atom stereocenters. The van der Waals surface area contributed by atoms with Gasteiger partial charge in [0, 0.05) is 20.1 Å². The van der Waals surface area contributed by atoms with Crippen molar-refractivity contribution in [3.05, 3.63) is 5.82 Å². The van der Waals surface area contributed by atoms with E-state index in [2.05, 4.69) is 15.5 Å². The molecule has 7 nitrogen and oxygen atoms in total. The van der Waals surface area contributed by atoms with Crippen LogP contribution < -0.4 is 5.73 Å². The summed E-state index contributed by atoms with van der Waals surface area (Å²) in [7, 11) is 1.55. The quantitative estimate of drug-likeness (QED) is 0.751. The smallest absolute Gasteiger partial charge is 0.333 e. The zero-order valence-electron chi connectivity index (χ0n) is 10.2. The normalized spacial score (nSPS) is 24.6. The summed E-state index contributed by atoms with van der Waals surface area (Å²) in [6, 6.07) is 0. The molecule has 1 aliphatic heterocycles. The number of hydrogen-bond donors (Lipinski definition) is 1. The first-order chi connectivity index (χ1) is 8.74. The van der Waals surface area contributed by atoms with Gasteiger partial charge in [0.2, 0.25) is 0 Å². The third-order valence-corrected chi connectivity index (χ3v) is 3.12. The van der Waals surface area contributed by atoms with Crippen molar-refractivity contribution in [2.75, 3.05) is 13.1 Å². The highest BCUT2D eigenvalue weighted by molar-refractivity contribution is 5.82. The summed E-state index contributed by atoms with van der Waals surface area (Å²) in [6.45, 7) is -0.220. The molecule has 2 rings (SSSR count). The fourth-order valence-electron chi connectivity index (χ4n) is 2.27. The van der Waals surface area contributed by atoms with Crippen LogP contribution in [0.25, 0.3) is 0 Å². The molecule has 1 saturated heterocycles. The molecule has 2 heterocycles. The van der Waals surface area contributed by atoms with E-state index in [0.717, 1.165) is 0 Å². The van der Waals surface area contributed by atoms with Crippen LogP contribution in [-0.2, 0) is 17.4 Å². The van der Waals surface area contributed by atoms with Gasteiger partial charge in [0.05, 0.1) is 5.54 Å². The van der Waals surface area contributed by atoms with Crippen LogP contribution in [0.3, 0.4) is 0 Å². The number of hydrogen-bond acceptors (Lipinski definition) is 5. The molecule has 1 amide bonds. The Balaban J connectivity index is 2.22. The Kier molecular flexibility index (Phi) is 3.20. The number of nitrogens with zero attached hydrogens (tertiary/aromatic N) is 5. The lowest BCUT2D eigenvalue weighted by molar-refractivity contribution is -0.187. The van der Waals surface area contributed by atoms with Crippen LogP contribution in [0.2, 0.25) is 0 Å². The SMILES string of the molecule is Cn1nnnc1C1(N)CCCN(C(=O)C(F)(F)F)C1. The molecule has 19 heavy (non-hydrogen) atoms. The summed E-state index contributed by atoms with van der Waals surface area (Å²) in [4.78, 5) is 12.0. The van der Waals surface area contributed by atoms with E-state index in [-0.39, 0.29) is 18.9 Å². The predicted octanol–water partition coefficient (Wildman–Crippen LogP) is -0.451. The van der Waals surface area contributed by atoms with Crippen LogP contribution in [0.5, 0.6) is 0 Å². The second kappa shape index (κ2) is 4.44. The number of halogens is 3. The number of carbonyl (C=O) groups excluding carboxylic acids is 1. The van der Waals surface area contributed by atoms with Crippen molar-refractivity contribution in [1.29, 1.82) is 0 Å². The van der Waals surface area contributed by atoms with Crippen LogP contribution in [0, 0.1) is 0 Å². The van der Waals surface area contributed by atoms with Crippen LogP contribution in [0.4, 0.5) is 13.2 Å². The monoisotopic (exact) mass is 278 g/mol. The Hall–Kier alpha value is -1.71. The number of tetrazole rings is 1. The number of rotatable bonds is 1.